The van der Waals surface area contributed by atoms with Gasteiger partial charge in [-0.2, -0.15) is 8.42 Å². The number of hydrogen-bond donors (Lipinski definition) is 5. The number of nitrogens with one attached hydrogen (secondary N) is 3. The highest BCUT2D eigenvalue weighted by Crippen LogP contribution is 2.28. The van der Waals surface area contributed by atoms with Crippen LogP contribution >= 0.6 is 46.4 Å². The Labute approximate surface area is 511 Å². The van der Waals surface area contributed by atoms with Crippen LogP contribution in [0.25, 0.3) is 0 Å². The number of carbonyl (C=O) groups is 3. The molecule has 454 valence electrons. The molecule has 1 saturated heterocycles. The molecule has 3 amide bonds. The minimum atomic E-state index is -3.69. The third-order valence-electron chi connectivity index (χ3n) is 11.4. The summed E-state index contributed by atoms with van der Waals surface area (Å²) in [5.41, 5.74) is 9.64. The molecule has 6 aromatic carbocycles. The van der Waals surface area contributed by atoms with Crippen molar-refractivity contribution in [3.63, 3.8) is 0 Å². The summed E-state index contributed by atoms with van der Waals surface area (Å²) in [7, 11) is -3.69. The van der Waals surface area contributed by atoms with E-state index in [0.717, 1.165) is 36.2 Å². The van der Waals surface area contributed by atoms with Crippen molar-refractivity contribution in [2.24, 2.45) is 5.73 Å². The Kier molecular flexibility index (Phi) is 26.7. The van der Waals surface area contributed by atoms with E-state index >= 15 is 0 Å². The normalized spacial score (nSPS) is 11.5. The molecule has 30 heteroatoms. The first-order valence-corrected chi connectivity index (χ1v) is 28.7. The lowest BCUT2D eigenvalue weighted by molar-refractivity contribution is 0.100. The number of halogens is 7. The van der Waals surface area contributed by atoms with Crippen LogP contribution in [-0.2, 0) is 57.7 Å². The highest BCUT2D eigenvalue weighted by Gasteiger charge is 2.20. The van der Waals surface area contributed by atoms with E-state index in [2.05, 4.69) is 50.4 Å². The number of aromatic nitrogens is 9. The topological polar surface area (TPSA) is 325 Å². The zero-order valence-electron chi connectivity index (χ0n) is 45.6. The second-order valence-corrected chi connectivity index (χ2v) is 21.2. The van der Waals surface area contributed by atoms with Crippen LogP contribution in [0.5, 0.6) is 0 Å². The average molecular weight is 1290 g/mol. The number of ether oxygens (including phenoxy) is 1. The van der Waals surface area contributed by atoms with E-state index in [9.17, 15) is 36.0 Å². The van der Waals surface area contributed by atoms with Crippen LogP contribution in [0.15, 0.2) is 146 Å². The van der Waals surface area contributed by atoms with Gasteiger partial charge in [0.25, 0.3) is 27.8 Å². The summed E-state index contributed by atoms with van der Waals surface area (Å²) in [4.78, 5) is 48.7. The Hall–Kier alpha value is -8.15. The molecule has 10 N–H and O–H groups in total. The van der Waals surface area contributed by atoms with Crippen molar-refractivity contribution in [2.45, 2.75) is 51.5 Å². The first-order chi connectivity index (χ1) is 40.3. The molecular formula is C56H57Cl4F3N14O8S. The fourth-order valence-corrected chi connectivity index (χ4v) is 8.67. The summed E-state index contributed by atoms with van der Waals surface area (Å²) in [6.07, 6.45) is 7.72. The monoisotopic (exact) mass is 1280 g/mol. The highest BCUT2D eigenvalue weighted by atomic mass is 35.5. The number of anilines is 3. The van der Waals surface area contributed by atoms with Gasteiger partial charge in [0, 0.05) is 25.6 Å². The lowest BCUT2D eigenvalue weighted by atomic mass is 10.2. The van der Waals surface area contributed by atoms with Gasteiger partial charge in [-0.15, -0.1) is 26.9 Å². The standard InChI is InChI=1S/C18H16ClFN4O4S.C17H13Cl2FN4O.C17H15ClFN5O.C4H8O.H3N.H2O/c1-29(26,27)28-10-13-7-14(19)16(20)15(8-13)22-18(25)17-21-11-24(23-17)9-12-5-3-2-4-6-12;18-8-12-6-13(19)15(20)14(7-12)22-17(25)16-21-10-24(23-16)9-11-4-2-1-3-5-11;18-13-6-12(8-20)7-14(15(13)19)22-17(25)16-21-10-24(23-16)9-11-4-2-1-3-5-11;1-2-4-5-3-1;;/h2-8,11H,9-10H2,1H3,(H,22,25);1-7,10H,8-9H2,(H,22,25);1-7,10H,8-9,20H2,(H,22,25);1-4H2;1H3;1H2. The molecule has 0 saturated carbocycles. The van der Waals surface area contributed by atoms with Crippen LogP contribution < -0.4 is 27.8 Å². The Bertz CT molecular complexity index is 3640. The number of nitrogens with zero attached hydrogens (tertiary/aromatic N) is 9. The van der Waals surface area contributed by atoms with Gasteiger partial charge in [-0.3, -0.25) is 18.6 Å². The number of amides is 3. The summed E-state index contributed by atoms with van der Waals surface area (Å²) in [5.74, 6) is -4.47. The Morgan fingerprint density at radius 1 is 0.558 bits per heavy atom. The average Bonchev–Trinajstić information content (AvgIpc) is 4.32. The summed E-state index contributed by atoms with van der Waals surface area (Å²) < 4.78 is 78.8. The molecule has 3 aromatic heterocycles. The second-order valence-electron chi connectivity index (χ2n) is 18.1. The van der Waals surface area contributed by atoms with Crippen molar-refractivity contribution >= 4 is 91.3 Å². The summed E-state index contributed by atoms with van der Waals surface area (Å²) in [6, 6.07) is 36.8. The second kappa shape index (κ2) is 33.5. The van der Waals surface area contributed by atoms with E-state index in [1.165, 1.54) is 82.3 Å². The molecule has 0 unspecified atom stereocenters. The quantitative estimate of drug-likeness (QED) is 0.0418. The molecule has 0 bridgehead atoms. The van der Waals surface area contributed by atoms with Gasteiger partial charge in [0.2, 0.25) is 17.5 Å². The third kappa shape index (κ3) is 21.1. The van der Waals surface area contributed by atoms with Crippen LogP contribution in [0.2, 0.25) is 15.1 Å². The Morgan fingerprint density at radius 3 is 1.20 bits per heavy atom. The summed E-state index contributed by atoms with van der Waals surface area (Å²) >= 11 is 23.2. The molecule has 0 radical (unpaired) electrons. The number of nitrogens with two attached hydrogens (primary N) is 1. The predicted octanol–water partition coefficient (Wildman–Crippen LogP) is 9.92. The smallest absolute Gasteiger partial charge is 0.295 e. The number of benzene rings is 6. The lowest BCUT2D eigenvalue weighted by Crippen LogP contribution is -2.16. The zero-order valence-corrected chi connectivity index (χ0v) is 49.5. The molecule has 0 spiro atoms. The molecule has 1 aliphatic rings. The Balaban J connectivity index is 0.000000224. The number of alkyl halides is 1. The molecular weight excluding hydrogens is 1230 g/mol. The van der Waals surface area contributed by atoms with Crippen molar-refractivity contribution in [2.75, 3.05) is 35.4 Å². The van der Waals surface area contributed by atoms with Gasteiger partial charge in [-0.25, -0.2) is 42.2 Å². The van der Waals surface area contributed by atoms with Gasteiger partial charge < -0.3 is 38.0 Å². The maximum atomic E-state index is 14.3. The van der Waals surface area contributed by atoms with E-state index in [1.54, 1.807) is 0 Å². The maximum absolute atomic E-state index is 14.3. The van der Waals surface area contributed by atoms with Crippen molar-refractivity contribution in [3.8, 4) is 0 Å². The van der Waals surface area contributed by atoms with Crippen molar-refractivity contribution < 1.29 is 50.4 Å². The first kappa shape index (κ1) is 68.6. The van der Waals surface area contributed by atoms with Crippen LogP contribution in [0.4, 0.5) is 30.2 Å². The predicted molar refractivity (Wildman–Crippen MR) is 321 cm³/mol. The van der Waals surface area contributed by atoms with Crippen LogP contribution in [0, 0.1) is 17.5 Å². The number of carbonyl (C=O) groups excluding carboxylic acids is 3. The van der Waals surface area contributed by atoms with Crippen LogP contribution in [0.1, 0.15) is 78.1 Å². The van der Waals surface area contributed by atoms with Gasteiger partial charge in [0.05, 0.1) is 64.6 Å². The van der Waals surface area contributed by atoms with Gasteiger partial charge in [-0.1, -0.05) is 126 Å². The van der Waals surface area contributed by atoms with E-state index in [0.29, 0.717) is 30.8 Å². The minimum absolute atomic E-state index is 0. The fraction of sp³-hybridized carbons (Fsp3) is 0.196. The van der Waals surface area contributed by atoms with E-state index in [1.807, 2.05) is 91.0 Å². The molecule has 4 heterocycles. The van der Waals surface area contributed by atoms with Crippen molar-refractivity contribution in [1.82, 2.24) is 50.4 Å². The minimum Gasteiger partial charge on any atom is -0.412 e. The molecule has 0 atom stereocenters. The zero-order chi connectivity index (χ0) is 60.2. The van der Waals surface area contributed by atoms with Gasteiger partial charge in [0.15, 0.2) is 17.5 Å². The van der Waals surface area contributed by atoms with Crippen molar-refractivity contribution in [1.29, 1.82) is 0 Å². The lowest BCUT2D eigenvalue weighted by Gasteiger charge is -2.09. The summed E-state index contributed by atoms with van der Waals surface area (Å²) in [5, 5.41) is 19.0. The summed E-state index contributed by atoms with van der Waals surface area (Å²) in [6.45, 7) is 3.19. The van der Waals surface area contributed by atoms with Gasteiger partial charge in [0.1, 0.15) is 19.0 Å². The molecule has 10 rings (SSSR count). The highest BCUT2D eigenvalue weighted by molar-refractivity contribution is 7.85. The van der Waals surface area contributed by atoms with Crippen molar-refractivity contribution in [3.05, 3.63) is 230 Å². The van der Waals surface area contributed by atoms with Crippen LogP contribution in [0.3, 0.4) is 0 Å². The SMILES string of the molecule is C1CCOC1.CS(=O)(=O)OCc1cc(Cl)c(F)c(NC(=O)c2ncn(Cc3ccccc3)n2)c1.N.NCc1cc(Cl)c(F)c(NC(=O)c2ncn(Cc3ccccc3)n2)c1.O.O=C(Nc1cc(CCl)cc(Cl)c1F)c1ncn(Cc2ccccc2)n1. The largest absolute Gasteiger partial charge is 0.412 e. The third-order valence-corrected chi connectivity index (χ3v) is 13.1. The molecule has 1 fully saturated rings. The first-order valence-electron chi connectivity index (χ1n) is 25.2. The molecule has 0 aliphatic carbocycles. The maximum Gasteiger partial charge on any atom is 0.295 e. The molecule has 86 heavy (non-hydrogen) atoms. The van der Waals surface area contributed by atoms with Gasteiger partial charge >= 0.3 is 0 Å². The molecule has 9 aromatic rings. The molecule has 1 aliphatic heterocycles. The Morgan fingerprint density at radius 2 is 0.884 bits per heavy atom. The number of hydrogen-bond acceptors (Lipinski definition) is 15. The van der Waals surface area contributed by atoms with E-state index in [-0.39, 0.29) is 85.8 Å². The van der Waals surface area contributed by atoms with Gasteiger partial charge in [-0.05, 0) is 82.6 Å². The van der Waals surface area contributed by atoms with E-state index < -0.39 is 45.3 Å². The molecule has 22 nitrogen and oxygen atoms in total. The number of rotatable bonds is 17. The fourth-order valence-electron chi connectivity index (χ4n) is 7.44. The van der Waals surface area contributed by atoms with Crippen LogP contribution in [-0.4, -0.2) is 95.4 Å². The van der Waals surface area contributed by atoms with E-state index in [4.69, 9.17) is 56.9 Å².